The Hall–Kier alpha value is -2.69. The average molecular weight is 355 g/mol. The summed E-state index contributed by atoms with van der Waals surface area (Å²) in [7, 11) is 0. The molecular formula is C21H22FNO3. The second-order valence-corrected chi connectivity index (χ2v) is 6.80. The highest BCUT2D eigenvalue weighted by Gasteiger charge is 2.32. The number of carbonyl (C=O) groups is 2. The Morgan fingerprint density at radius 2 is 2.04 bits per heavy atom. The Morgan fingerprint density at radius 3 is 2.77 bits per heavy atom. The lowest BCUT2D eigenvalue weighted by Gasteiger charge is -2.17. The number of hydrogen-bond acceptors (Lipinski definition) is 3. The molecule has 26 heavy (non-hydrogen) atoms. The van der Waals surface area contributed by atoms with Crippen LogP contribution >= 0.6 is 0 Å². The van der Waals surface area contributed by atoms with Gasteiger partial charge in [0.2, 0.25) is 0 Å². The molecule has 3 rings (SSSR count). The summed E-state index contributed by atoms with van der Waals surface area (Å²) < 4.78 is 19.6. The van der Waals surface area contributed by atoms with Gasteiger partial charge in [0, 0.05) is 12.0 Å². The fourth-order valence-corrected chi connectivity index (χ4v) is 3.52. The number of fused-ring (bicyclic) bond motifs is 1. The standard InChI is InChI=1S/C21H22FNO3/c1-12-6-4-5-7-15(12)14(3)23-19(25)11-26-18-9-8-16(22)20-13(2)10-17(24)21(18)20/h4-9,13-14H,10-11H2,1-3H3,(H,23,25)/t13-,14-/m1/s1. The lowest BCUT2D eigenvalue weighted by molar-refractivity contribution is -0.123. The minimum absolute atomic E-state index is 0.143. The second-order valence-electron chi connectivity index (χ2n) is 6.80. The first-order valence-electron chi connectivity index (χ1n) is 8.71. The van der Waals surface area contributed by atoms with Crippen LogP contribution in [0.4, 0.5) is 4.39 Å². The zero-order valence-corrected chi connectivity index (χ0v) is 15.1. The van der Waals surface area contributed by atoms with Gasteiger partial charge in [0.05, 0.1) is 11.6 Å². The Balaban J connectivity index is 1.68. The van der Waals surface area contributed by atoms with E-state index < -0.39 is 5.82 Å². The molecule has 1 N–H and O–H groups in total. The number of carbonyl (C=O) groups excluding carboxylic acids is 2. The molecule has 2 atom stereocenters. The summed E-state index contributed by atoms with van der Waals surface area (Å²) in [6, 6.07) is 10.4. The van der Waals surface area contributed by atoms with Crippen molar-refractivity contribution < 1.29 is 18.7 Å². The monoisotopic (exact) mass is 355 g/mol. The third-order valence-electron chi connectivity index (χ3n) is 4.81. The fraction of sp³-hybridized carbons (Fsp3) is 0.333. The SMILES string of the molecule is Cc1ccccc1[C@@H](C)NC(=O)COc1ccc(F)c2c1C(=O)C[C@H]2C. The summed E-state index contributed by atoms with van der Waals surface area (Å²) >= 11 is 0. The molecule has 136 valence electrons. The van der Waals surface area contributed by atoms with E-state index in [0.717, 1.165) is 11.1 Å². The van der Waals surface area contributed by atoms with Crippen molar-refractivity contribution in [3.8, 4) is 5.75 Å². The Bertz CT molecular complexity index is 862. The molecule has 5 heteroatoms. The van der Waals surface area contributed by atoms with E-state index in [4.69, 9.17) is 4.74 Å². The highest BCUT2D eigenvalue weighted by Crippen LogP contribution is 2.39. The summed E-state index contributed by atoms with van der Waals surface area (Å²) in [5, 5.41) is 2.88. The molecule has 0 unspecified atom stereocenters. The van der Waals surface area contributed by atoms with Gasteiger partial charge < -0.3 is 10.1 Å². The predicted molar refractivity (Wildman–Crippen MR) is 97.0 cm³/mol. The van der Waals surface area contributed by atoms with Gasteiger partial charge in [0.25, 0.3) is 5.91 Å². The maximum atomic E-state index is 14.0. The van der Waals surface area contributed by atoms with Crippen LogP contribution in [0, 0.1) is 12.7 Å². The molecule has 2 aromatic rings. The lowest BCUT2D eigenvalue weighted by Crippen LogP contribution is -2.31. The van der Waals surface area contributed by atoms with Gasteiger partial charge in [0.1, 0.15) is 11.6 Å². The first-order valence-corrected chi connectivity index (χ1v) is 8.71. The largest absolute Gasteiger partial charge is 0.483 e. The van der Waals surface area contributed by atoms with E-state index in [1.807, 2.05) is 45.0 Å². The van der Waals surface area contributed by atoms with Gasteiger partial charge in [-0.25, -0.2) is 4.39 Å². The zero-order chi connectivity index (χ0) is 18.8. The minimum atomic E-state index is -0.400. The van der Waals surface area contributed by atoms with E-state index in [0.29, 0.717) is 5.56 Å². The van der Waals surface area contributed by atoms with Crippen LogP contribution in [0.1, 0.15) is 59.3 Å². The van der Waals surface area contributed by atoms with Gasteiger partial charge in [0.15, 0.2) is 12.4 Å². The summed E-state index contributed by atoms with van der Waals surface area (Å²) in [5.41, 5.74) is 2.79. The number of ketones is 1. The maximum absolute atomic E-state index is 14.0. The van der Waals surface area contributed by atoms with Crippen LogP contribution in [0.15, 0.2) is 36.4 Å². The number of Topliss-reactive ketones (excluding diaryl/α,β-unsaturated/α-hetero) is 1. The molecule has 1 aliphatic rings. The molecule has 0 heterocycles. The van der Waals surface area contributed by atoms with Gasteiger partial charge in [-0.05, 0) is 43.0 Å². The number of ether oxygens (including phenoxy) is 1. The molecule has 0 spiro atoms. The highest BCUT2D eigenvalue weighted by atomic mass is 19.1. The number of aryl methyl sites for hydroxylation is 1. The molecule has 0 bridgehead atoms. The first-order chi connectivity index (χ1) is 12.4. The first kappa shape index (κ1) is 18.1. The molecule has 0 radical (unpaired) electrons. The maximum Gasteiger partial charge on any atom is 0.258 e. The van der Waals surface area contributed by atoms with Crippen LogP contribution in [0.25, 0.3) is 0 Å². The van der Waals surface area contributed by atoms with E-state index >= 15 is 0 Å². The van der Waals surface area contributed by atoms with Crippen LogP contribution in [0.5, 0.6) is 5.75 Å². The molecule has 0 aromatic heterocycles. The normalized spacial score (nSPS) is 16.9. The Morgan fingerprint density at radius 1 is 1.31 bits per heavy atom. The molecule has 0 aliphatic heterocycles. The summed E-state index contributed by atoms with van der Waals surface area (Å²) in [5.74, 6) is -0.735. The Kier molecular flexibility index (Phi) is 5.07. The third kappa shape index (κ3) is 3.47. The number of nitrogens with one attached hydrogen (secondary N) is 1. The van der Waals surface area contributed by atoms with Crippen molar-refractivity contribution in [3.63, 3.8) is 0 Å². The van der Waals surface area contributed by atoms with Gasteiger partial charge in [-0.3, -0.25) is 9.59 Å². The number of hydrogen-bond donors (Lipinski definition) is 1. The predicted octanol–water partition coefficient (Wildman–Crippen LogP) is 4.08. The van der Waals surface area contributed by atoms with Crippen LogP contribution < -0.4 is 10.1 Å². The van der Waals surface area contributed by atoms with E-state index in [1.54, 1.807) is 0 Å². The highest BCUT2D eigenvalue weighted by molar-refractivity contribution is 6.03. The second kappa shape index (κ2) is 7.28. The zero-order valence-electron chi connectivity index (χ0n) is 15.1. The van der Waals surface area contributed by atoms with Crippen molar-refractivity contribution >= 4 is 11.7 Å². The van der Waals surface area contributed by atoms with E-state index in [1.165, 1.54) is 12.1 Å². The van der Waals surface area contributed by atoms with Crippen molar-refractivity contribution in [3.05, 3.63) is 64.5 Å². The molecule has 0 fully saturated rings. The number of benzene rings is 2. The van der Waals surface area contributed by atoms with Gasteiger partial charge >= 0.3 is 0 Å². The average Bonchev–Trinajstić information content (AvgIpc) is 2.90. The van der Waals surface area contributed by atoms with Crippen molar-refractivity contribution in [1.29, 1.82) is 0 Å². The van der Waals surface area contributed by atoms with E-state index in [2.05, 4.69) is 5.32 Å². The van der Waals surface area contributed by atoms with Crippen molar-refractivity contribution in [2.75, 3.05) is 6.61 Å². The molecule has 0 saturated heterocycles. The smallest absolute Gasteiger partial charge is 0.258 e. The molecule has 4 nitrogen and oxygen atoms in total. The molecule has 2 aromatic carbocycles. The molecular weight excluding hydrogens is 333 g/mol. The molecule has 1 aliphatic carbocycles. The third-order valence-corrected chi connectivity index (χ3v) is 4.81. The topological polar surface area (TPSA) is 55.4 Å². The number of amides is 1. The summed E-state index contributed by atoms with van der Waals surface area (Å²) in [6.45, 7) is 5.48. The van der Waals surface area contributed by atoms with Gasteiger partial charge in [-0.15, -0.1) is 0 Å². The molecule has 0 saturated carbocycles. The Labute approximate surface area is 152 Å². The van der Waals surface area contributed by atoms with Crippen LogP contribution in [-0.2, 0) is 4.79 Å². The van der Waals surface area contributed by atoms with E-state index in [9.17, 15) is 14.0 Å². The van der Waals surface area contributed by atoms with E-state index in [-0.39, 0.29) is 48.0 Å². The number of rotatable bonds is 5. The van der Waals surface area contributed by atoms with Gasteiger partial charge in [-0.2, -0.15) is 0 Å². The summed E-state index contributed by atoms with van der Waals surface area (Å²) in [6.07, 6.45) is 0.267. The molecule has 1 amide bonds. The van der Waals surface area contributed by atoms with Crippen molar-refractivity contribution in [2.45, 2.75) is 39.2 Å². The van der Waals surface area contributed by atoms with Gasteiger partial charge in [-0.1, -0.05) is 31.2 Å². The fourth-order valence-electron chi connectivity index (χ4n) is 3.52. The lowest BCUT2D eigenvalue weighted by atomic mass is 10.0. The van der Waals surface area contributed by atoms with Crippen LogP contribution in [0.3, 0.4) is 0 Å². The quantitative estimate of drug-likeness (QED) is 0.879. The van der Waals surface area contributed by atoms with Crippen molar-refractivity contribution in [1.82, 2.24) is 5.32 Å². The number of halogens is 1. The minimum Gasteiger partial charge on any atom is -0.483 e. The van der Waals surface area contributed by atoms with Crippen LogP contribution in [0.2, 0.25) is 0 Å². The van der Waals surface area contributed by atoms with Crippen molar-refractivity contribution in [2.24, 2.45) is 0 Å². The summed E-state index contributed by atoms with van der Waals surface area (Å²) in [4.78, 5) is 24.4. The van der Waals surface area contributed by atoms with Crippen LogP contribution in [-0.4, -0.2) is 18.3 Å².